The number of amides is 1. The van der Waals surface area contributed by atoms with Crippen LogP contribution in [0.4, 0.5) is 0 Å². The maximum atomic E-state index is 12.4. The fourth-order valence-electron chi connectivity index (χ4n) is 2.70. The number of fused-ring (bicyclic) bond motifs is 1. The highest BCUT2D eigenvalue weighted by Gasteiger charge is 2.17. The van der Waals surface area contributed by atoms with Gasteiger partial charge in [0, 0.05) is 28.7 Å². The Morgan fingerprint density at radius 3 is 2.73 bits per heavy atom. The molecule has 0 spiro atoms. The van der Waals surface area contributed by atoms with E-state index in [0.29, 0.717) is 10.4 Å². The summed E-state index contributed by atoms with van der Waals surface area (Å²) in [5, 5.41) is 5.27. The van der Waals surface area contributed by atoms with Crippen molar-refractivity contribution in [3.05, 3.63) is 57.9 Å². The molecule has 7 heteroatoms. The summed E-state index contributed by atoms with van der Waals surface area (Å²) in [5.74, 6) is -1.00. The molecular weight excluding hydrogens is 352 g/mol. The van der Waals surface area contributed by atoms with Gasteiger partial charge >= 0.3 is 5.97 Å². The van der Waals surface area contributed by atoms with E-state index >= 15 is 0 Å². The summed E-state index contributed by atoms with van der Waals surface area (Å²) in [4.78, 5) is 39.7. The Hall–Kier alpha value is -2.93. The van der Waals surface area contributed by atoms with Gasteiger partial charge in [0.05, 0.1) is 11.3 Å². The molecule has 0 aliphatic rings. The number of aromatic amines is 1. The lowest BCUT2D eigenvalue weighted by atomic mass is 10.1. The van der Waals surface area contributed by atoms with Crippen molar-refractivity contribution in [2.75, 3.05) is 13.2 Å². The van der Waals surface area contributed by atoms with Gasteiger partial charge in [0.25, 0.3) is 5.91 Å². The van der Waals surface area contributed by atoms with Gasteiger partial charge in [-0.2, -0.15) is 0 Å². The van der Waals surface area contributed by atoms with E-state index in [-0.39, 0.29) is 31.3 Å². The van der Waals surface area contributed by atoms with Crippen molar-refractivity contribution >= 4 is 39.9 Å². The van der Waals surface area contributed by atoms with Crippen LogP contribution in [0.1, 0.15) is 32.1 Å². The second kappa shape index (κ2) is 7.97. The largest absolute Gasteiger partial charge is 0.457 e. The van der Waals surface area contributed by atoms with E-state index in [2.05, 4.69) is 10.3 Å². The van der Waals surface area contributed by atoms with Gasteiger partial charge < -0.3 is 15.0 Å². The van der Waals surface area contributed by atoms with Crippen LogP contribution < -0.4 is 5.32 Å². The van der Waals surface area contributed by atoms with Gasteiger partial charge in [0.15, 0.2) is 6.61 Å². The minimum atomic E-state index is -0.526. The Balaban J connectivity index is 1.49. The third-order valence-corrected chi connectivity index (χ3v) is 4.76. The SMILES string of the molecule is Cc1[nH]c2ccccc2c1C(=O)COC(=O)CCNC(=O)c1cccs1. The smallest absolute Gasteiger partial charge is 0.308 e. The van der Waals surface area contributed by atoms with E-state index in [1.54, 1.807) is 12.1 Å². The van der Waals surface area contributed by atoms with Gasteiger partial charge in [-0.15, -0.1) is 11.3 Å². The van der Waals surface area contributed by atoms with Crippen molar-refractivity contribution in [1.82, 2.24) is 10.3 Å². The molecule has 0 saturated carbocycles. The molecule has 0 aliphatic heterocycles. The maximum Gasteiger partial charge on any atom is 0.308 e. The number of H-pyrrole nitrogens is 1. The first-order valence-electron chi connectivity index (χ1n) is 8.14. The van der Waals surface area contributed by atoms with E-state index < -0.39 is 5.97 Å². The number of aromatic nitrogens is 1. The van der Waals surface area contributed by atoms with Crippen LogP contribution >= 0.6 is 11.3 Å². The summed E-state index contributed by atoms with van der Waals surface area (Å²) in [6, 6.07) is 11.0. The normalized spacial score (nSPS) is 10.7. The second-order valence-corrected chi connectivity index (χ2v) is 6.69. The Morgan fingerprint density at radius 1 is 1.15 bits per heavy atom. The van der Waals surface area contributed by atoms with E-state index in [1.165, 1.54) is 11.3 Å². The molecule has 0 atom stereocenters. The van der Waals surface area contributed by atoms with Crippen molar-refractivity contribution in [3.8, 4) is 0 Å². The molecule has 6 nitrogen and oxygen atoms in total. The second-order valence-electron chi connectivity index (χ2n) is 5.74. The Morgan fingerprint density at radius 2 is 1.96 bits per heavy atom. The number of para-hydroxylation sites is 1. The quantitative estimate of drug-likeness (QED) is 0.494. The summed E-state index contributed by atoms with van der Waals surface area (Å²) in [6.07, 6.45) is 0.0112. The highest BCUT2D eigenvalue weighted by Crippen LogP contribution is 2.22. The monoisotopic (exact) mass is 370 g/mol. The molecule has 2 heterocycles. The zero-order valence-corrected chi connectivity index (χ0v) is 15.0. The molecule has 3 aromatic rings. The summed E-state index contributed by atoms with van der Waals surface area (Å²) in [7, 11) is 0. The molecule has 0 saturated heterocycles. The number of ketones is 1. The highest BCUT2D eigenvalue weighted by molar-refractivity contribution is 7.12. The van der Waals surface area contributed by atoms with Crippen LogP contribution in [0, 0.1) is 6.92 Å². The summed E-state index contributed by atoms with van der Waals surface area (Å²) < 4.78 is 5.05. The van der Waals surface area contributed by atoms with Crippen LogP contribution in [0.15, 0.2) is 41.8 Å². The average molecular weight is 370 g/mol. The predicted molar refractivity (Wildman–Crippen MR) is 99.6 cm³/mol. The van der Waals surface area contributed by atoms with Gasteiger partial charge in [0.1, 0.15) is 0 Å². The average Bonchev–Trinajstić information content (AvgIpc) is 3.26. The van der Waals surface area contributed by atoms with Crippen molar-refractivity contribution in [3.63, 3.8) is 0 Å². The van der Waals surface area contributed by atoms with Crippen LogP contribution in [0.3, 0.4) is 0 Å². The fraction of sp³-hybridized carbons (Fsp3) is 0.211. The molecule has 3 rings (SSSR count). The zero-order chi connectivity index (χ0) is 18.5. The van der Waals surface area contributed by atoms with Crippen molar-refractivity contribution in [2.24, 2.45) is 0 Å². The molecular formula is C19H18N2O4S. The third kappa shape index (κ3) is 4.00. The van der Waals surface area contributed by atoms with E-state index in [1.807, 2.05) is 36.6 Å². The first kappa shape index (κ1) is 17.9. The van der Waals surface area contributed by atoms with Crippen molar-refractivity contribution in [1.29, 1.82) is 0 Å². The minimum absolute atomic E-state index is 0.0112. The van der Waals surface area contributed by atoms with Crippen LogP contribution in [-0.4, -0.2) is 35.8 Å². The number of hydrogen-bond acceptors (Lipinski definition) is 5. The molecule has 2 aromatic heterocycles. The summed E-state index contributed by atoms with van der Waals surface area (Å²) in [6.45, 7) is 1.66. The zero-order valence-electron chi connectivity index (χ0n) is 14.2. The van der Waals surface area contributed by atoms with E-state index in [0.717, 1.165) is 16.6 Å². The molecule has 0 aliphatic carbocycles. The molecule has 134 valence electrons. The van der Waals surface area contributed by atoms with Crippen molar-refractivity contribution in [2.45, 2.75) is 13.3 Å². The van der Waals surface area contributed by atoms with E-state index in [4.69, 9.17) is 4.74 Å². The van der Waals surface area contributed by atoms with Crippen molar-refractivity contribution < 1.29 is 19.1 Å². The first-order chi connectivity index (χ1) is 12.6. The number of carbonyl (C=O) groups excluding carboxylic acids is 3. The van der Waals surface area contributed by atoms with Crippen LogP contribution in [0.2, 0.25) is 0 Å². The van der Waals surface area contributed by atoms with Gasteiger partial charge in [-0.25, -0.2) is 0 Å². The van der Waals surface area contributed by atoms with Crippen LogP contribution in [0.25, 0.3) is 10.9 Å². The number of benzene rings is 1. The molecule has 0 radical (unpaired) electrons. The number of Topliss-reactive ketones (excluding diaryl/α,β-unsaturated/α-hetero) is 1. The van der Waals surface area contributed by atoms with Gasteiger partial charge in [-0.05, 0) is 24.4 Å². The van der Waals surface area contributed by atoms with Crippen LogP contribution in [0.5, 0.6) is 0 Å². The molecule has 0 fully saturated rings. The number of nitrogens with one attached hydrogen (secondary N) is 2. The lowest BCUT2D eigenvalue weighted by molar-refractivity contribution is -0.142. The Kier molecular flexibility index (Phi) is 5.48. The Labute approximate surface area is 154 Å². The van der Waals surface area contributed by atoms with E-state index in [9.17, 15) is 14.4 Å². The number of ether oxygens (including phenoxy) is 1. The first-order valence-corrected chi connectivity index (χ1v) is 9.02. The topological polar surface area (TPSA) is 88.3 Å². The molecule has 1 amide bonds. The lowest BCUT2D eigenvalue weighted by Gasteiger charge is -2.06. The number of rotatable bonds is 7. The predicted octanol–water partition coefficient (Wildman–Crippen LogP) is 3.08. The van der Waals surface area contributed by atoms with Crippen LogP contribution in [-0.2, 0) is 9.53 Å². The van der Waals surface area contributed by atoms with Gasteiger partial charge in [0.2, 0.25) is 5.78 Å². The maximum absolute atomic E-state index is 12.4. The summed E-state index contributed by atoms with van der Waals surface area (Å²) >= 11 is 1.33. The van der Waals surface area contributed by atoms with Gasteiger partial charge in [-0.3, -0.25) is 14.4 Å². The number of hydrogen-bond donors (Lipinski definition) is 2. The fourth-order valence-corrected chi connectivity index (χ4v) is 3.34. The third-order valence-electron chi connectivity index (χ3n) is 3.90. The highest BCUT2D eigenvalue weighted by atomic mass is 32.1. The number of carbonyl (C=O) groups is 3. The lowest BCUT2D eigenvalue weighted by Crippen LogP contribution is -2.26. The molecule has 0 bridgehead atoms. The summed E-state index contributed by atoms with van der Waals surface area (Å²) in [5.41, 5.74) is 2.16. The number of aryl methyl sites for hydroxylation is 1. The number of thiophene rings is 1. The molecule has 1 aromatic carbocycles. The number of esters is 1. The Bertz CT molecular complexity index is 944. The minimum Gasteiger partial charge on any atom is -0.457 e. The standard InChI is InChI=1S/C19H18N2O4S/c1-12-18(13-5-2-3-6-14(13)21-12)15(22)11-25-17(23)8-9-20-19(24)16-7-4-10-26-16/h2-7,10,21H,8-9,11H2,1H3,(H,20,24). The van der Waals surface area contributed by atoms with Gasteiger partial charge in [-0.1, -0.05) is 24.3 Å². The molecule has 2 N–H and O–H groups in total. The molecule has 26 heavy (non-hydrogen) atoms. The molecule has 0 unspecified atom stereocenters.